The Morgan fingerprint density at radius 1 is 1.00 bits per heavy atom. The Hall–Kier alpha value is -1.57. The molecule has 0 spiro atoms. The molecule has 0 saturated carbocycles. The lowest BCUT2D eigenvalue weighted by Crippen LogP contribution is -2.46. The lowest BCUT2D eigenvalue weighted by atomic mass is 9.62. The lowest BCUT2D eigenvalue weighted by molar-refractivity contribution is 0.147. The maximum absolute atomic E-state index is 14.7. The van der Waals surface area contributed by atoms with Crippen LogP contribution in [0.1, 0.15) is 125 Å². The second kappa shape index (κ2) is 16.2. The van der Waals surface area contributed by atoms with Crippen molar-refractivity contribution in [3.63, 3.8) is 0 Å². The Balaban J connectivity index is 3.84. The summed E-state index contributed by atoms with van der Waals surface area (Å²) in [6.07, 6.45) is 16.1. The first-order valence-corrected chi connectivity index (χ1v) is 14.2. The summed E-state index contributed by atoms with van der Waals surface area (Å²) in [6, 6.07) is 7.60. The Bertz CT molecular complexity index is 749. The Morgan fingerprint density at radius 2 is 1.71 bits per heavy atom. The molecular weight excluding hydrogens is 417 g/mol. The van der Waals surface area contributed by atoms with Gasteiger partial charge in [0.25, 0.3) is 0 Å². The molecule has 0 aromatic heterocycles. The van der Waals surface area contributed by atoms with Gasteiger partial charge in [0, 0.05) is 17.7 Å². The smallest absolute Gasteiger partial charge is 0.123 e. The quantitative estimate of drug-likeness (QED) is 0.218. The third kappa shape index (κ3) is 8.58. The number of nitrogens with zero attached hydrogens (tertiary/aromatic N) is 1. The van der Waals surface area contributed by atoms with E-state index in [1.165, 1.54) is 61.8 Å². The summed E-state index contributed by atoms with van der Waals surface area (Å²) in [7, 11) is 0. The van der Waals surface area contributed by atoms with Crippen LogP contribution in [0, 0.1) is 17.7 Å². The van der Waals surface area contributed by atoms with Gasteiger partial charge in [-0.3, -0.25) is 0 Å². The normalized spacial score (nSPS) is 16.3. The van der Waals surface area contributed by atoms with Gasteiger partial charge >= 0.3 is 0 Å². The summed E-state index contributed by atoms with van der Waals surface area (Å²) in [5.74, 6) is 1.03. The molecule has 0 bridgehead atoms. The van der Waals surface area contributed by atoms with Crippen LogP contribution < -0.4 is 0 Å². The Labute approximate surface area is 211 Å². The summed E-state index contributed by atoms with van der Waals surface area (Å²) in [4.78, 5) is 2.52. The van der Waals surface area contributed by atoms with E-state index >= 15 is 0 Å². The first kappa shape index (κ1) is 30.5. The minimum atomic E-state index is -0.107. The third-order valence-electron chi connectivity index (χ3n) is 7.70. The third-order valence-corrected chi connectivity index (χ3v) is 7.70. The number of halogens is 1. The topological polar surface area (TPSA) is 3.24 Å². The SMILES string of the molecule is C/C=C\N(CC(CC(C)CCC)(c1cccc(F)c1)C(CCC)CCCC)/C(CC)=C(\C)CC. The number of rotatable bonds is 17. The van der Waals surface area contributed by atoms with Crippen LogP contribution in [0.4, 0.5) is 4.39 Å². The van der Waals surface area contributed by atoms with Crippen molar-refractivity contribution in [3.8, 4) is 0 Å². The van der Waals surface area contributed by atoms with Crippen LogP contribution in [0.2, 0.25) is 0 Å². The Kier molecular flexibility index (Phi) is 14.5. The molecule has 1 nitrogen and oxygen atoms in total. The van der Waals surface area contributed by atoms with Crippen molar-refractivity contribution in [2.24, 2.45) is 11.8 Å². The molecule has 1 aromatic carbocycles. The molecular formula is C32H54FN. The second-order valence-electron chi connectivity index (χ2n) is 10.4. The van der Waals surface area contributed by atoms with E-state index in [-0.39, 0.29) is 11.2 Å². The second-order valence-corrected chi connectivity index (χ2v) is 10.4. The highest BCUT2D eigenvalue weighted by atomic mass is 19.1. The van der Waals surface area contributed by atoms with Gasteiger partial charge in [-0.25, -0.2) is 4.39 Å². The fraction of sp³-hybridized carbons (Fsp3) is 0.688. The molecule has 0 aliphatic carbocycles. The van der Waals surface area contributed by atoms with Crippen molar-refractivity contribution < 1.29 is 4.39 Å². The molecule has 0 radical (unpaired) electrons. The lowest BCUT2D eigenvalue weighted by Gasteiger charge is -2.47. The molecule has 0 aliphatic rings. The van der Waals surface area contributed by atoms with E-state index in [1.54, 1.807) is 6.07 Å². The van der Waals surface area contributed by atoms with Crippen LogP contribution in [-0.4, -0.2) is 11.4 Å². The number of unbranched alkanes of at least 4 members (excludes halogenated alkanes) is 1. The highest BCUT2D eigenvalue weighted by Gasteiger charge is 2.42. The first-order chi connectivity index (χ1) is 16.3. The average Bonchev–Trinajstić information content (AvgIpc) is 2.81. The zero-order valence-electron chi connectivity index (χ0n) is 23.7. The van der Waals surface area contributed by atoms with E-state index in [4.69, 9.17) is 0 Å². The van der Waals surface area contributed by atoms with E-state index < -0.39 is 0 Å². The fourth-order valence-electron chi connectivity index (χ4n) is 5.99. The van der Waals surface area contributed by atoms with Crippen molar-refractivity contribution >= 4 is 0 Å². The van der Waals surface area contributed by atoms with Gasteiger partial charge in [-0.05, 0) is 81.7 Å². The van der Waals surface area contributed by atoms with Crippen molar-refractivity contribution in [1.29, 1.82) is 0 Å². The van der Waals surface area contributed by atoms with Gasteiger partial charge in [0.05, 0.1) is 0 Å². The van der Waals surface area contributed by atoms with Crippen molar-refractivity contribution in [1.82, 2.24) is 4.90 Å². The molecule has 0 saturated heterocycles. The van der Waals surface area contributed by atoms with E-state index in [2.05, 4.69) is 78.6 Å². The van der Waals surface area contributed by atoms with Gasteiger partial charge in [-0.2, -0.15) is 0 Å². The highest BCUT2D eigenvalue weighted by Crippen LogP contribution is 2.46. The molecule has 194 valence electrons. The van der Waals surface area contributed by atoms with Gasteiger partial charge in [0.2, 0.25) is 0 Å². The van der Waals surface area contributed by atoms with Crippen molar-refractivity contribution in [3.05, 3.63) is 59.2 Å². The van der Waals surface area contributed by atoms with E-state index in [0.717, 1.165) is 25.8 Å². The van der Waals surface area contributed by atoms with Crippen molar-refractivity contribution in [2.45, 2.75) is 125 Å². The highest BCUT2D eigenvalue weighted by molar-refractivity contribution is 5.30. The summed E-state index contributed by atoms with van der Waals surface area (Å²) < 4.78 is 14.7. The van der Waals surface area contributed by atoms with Gasteiger partial charge in [-0.1, -0.05) is 97.4 Å². The monoisotopic (exact) mass is 471 g/mol. The number of hydrogen-bond acceptors (Lipinski definition) is 1. The van der Waals surface area contributed by atoms with Gasteiger partial charge in [-0.15, -0.1) is 0 Å². The largest absolute Gasteiger partial charge is 0.351 e. The first-order valence-electron chi connectivity index (χ1n) is 14.2. The van der Waals surface area contributed by atoms with E-state index in [0.29, 0.717) is 11.8 Å². The molecule has 0 fully saturated rings. The minimum absolute atomic E-state index is 0.0875. The van der Waals surface area contributed by atoms with Gasteiger partial charge in [0.15, 0.2) is 0 Å². The molecule has 1 rings (SSSR count). The van der Waals surface area contributed by atoms with Gasteiger partial charge < -0.3 is 4.90 Å². The van der Waals surface area contributed by atoms with Crippen molar-refractivity contribution in [2.75, 3.05) is 6.54 Å². The molecule has 3 unspecified atom stereocenters. The maximum Gasteiger partial charge on any atom is 0.123 e. The van der Waals surface area contributed by atoms with Gasteiger partial charge in [0.1, 0.15) is 5.82 Å². The predicted octanol–water partition coefficient (Wildman–Crippen LogP) is 10.4. The maximum atomic E-state index is 14.7. The van der Waals surface area contributed by atoms with Crippen LogP contribution in [0.25, 0.3) is 0 Å². The zero-order valence-corrected chi connectivity index (χ0v) is 23.7. The standard InChI is InChI=1S/C32H54FN/c1-9-15-19-28(18-11-3)32(24-26(7)17-10-2,29-20-16-21-30(33)23-29)25-34(22-12-4)31(14-6)27(8)13-5/h12,16,20-23,26,28H,9-11,13-15,17-19,24-25H2,1-8H3/b22-12-,31-27+. The van der Waals surface area contributed by atoms with Crippen LogP contribution >= 0.6 is 0 Å². The van der Waals surface area contributed by atoms with E-state index in [1.807, 2.05) is 12.1 Å². The van der Waals surface area contributed by atoms with Crippen LogP contribution in [-0.2, 0) is 5.41 Å². The zero-order chi connectivity index (χ0) is 25.6. The van der Waals surface area contributed by atoms with Crippen LogP contribution in [0.5, 0.6) is 0 Å². The average molecular weight is 472 g/mol. The summed E-state index contributed by atoms with van der Waals surface area (Å²) in [5.41, 5.74) is 3.99. The summed E-state index contributed by atoms with van der Waals surface area (Å²) >= 11 is 0. The molecule has 0 heterocycles. The molecule has 34 heavy (non-hydrogen) atoms. The number of benzene rings is 1. The molecule has 3 atom stereocenters. The number of hydrogen-bond donors (Lipinski definition) is 0. The fourth-order valence-corrected chi connectivity index (χ4v) is 5.99. The molecule has 2 heteroatoms. The molecule has 1 aromatic rings. The molecule has 0 N–H and O–H groups in total. The summed E-state index contributed by atoms with van der Waals surface area (Å²) in [5, 5.41) is 0. The predicted molar refractivity (Wildman–Crippen MR) is 149 cm³/mol. The minimum Gasteiger partial charge on any atom is -0.351 e. The van der Waals surface area contributed by atoms with Crippen LogP contribution in [0.3, 0.4) is 0 Å². The Morgan fingerprint density at radius 3 is 2.24 bits per heavy atom. The van der Waals surface area contributed by atoms with E-state index in [9.17, 15) is 4.39 Å². The van der Waals surface area contributed by atoms with Crippen LogP contribution in [0.15, 0.2) is 47.8 Å². The molecule has 0 aliphatic heterocycles. The summed E-state index contributed by atoms with van der Waals surface area (Å²) in [6.45, 7) is 19.1. The molecule has 0 amide bonds. The number of allylic oxidation sites excluding steroid dienone is 3.